The fraction of sp³-hybridized carbons (Fsp3) is 0.200. The van der Waals surface area contributed by atoms with E-state index in [9.17, 15) is 9.59 Å². The molecule has 0 aliphatic carbocycles. The smallest absolute Gasteiger partial charge is 0.293 e. The van der Waals surface area contributed by atoms with E-state index in [2.05, 4.69) is 48.7 Å². The standard InChI is InChI=1S/C30H28N2O3S/c1-21-19-25(22(2)31(21)16-15-23-9-4-3-5-10-23)20-28-29(33)32(30(34)36-28)17-18-35-27-14-8-12-24-11-6-7-13-26(24)27/h3-14,19-20H,15-18H2,1-2H3/b28-20-. The van der Waals surface area contributed by atoms with Crippen LogP contribution in [0.3, 0.4) is 0 Å². The number of thioether (sulfide) groups is 1. The number of fused-ring (bicyclic) bond motifs is 1. The average molecular weight is 497 g/mol. The Hall–Kier alpha value is -3.77. The van der Waals surface area contributed by atoms with Crippen molar-refractivity contribution in [2.75, 3.05) is 13.2 Å². The van der Waals surface area contributed by atoms with E-state index in [0.29, 0.717) is 4.91 Å². The molecule has 1 fully saturated rings. The van der Waals surface area contributed by atoms with Crippen LogP contribution in [0.1, 0.15) is 22.5 Å². The van der Waals surface area contributed by atoms with Gasteiger partial charge in [-0.05, 0) is 66.8 Å². The lowest BCUT2D eigenvalue weighted by atomic mass is 10.1. The van der Waals surface area contributed by atoms with Gasteiger partial charge in [-0.2, -0.15) is 0 Å². The molecule has 0 spiro atoms. The van der Waals surface area contributed by atoms with Gasteiger partial charge in [0.05, 0.1) is 11.4 Å². The Morgan fingerprint density at radius 1 is 0.889 bits per heavy atom. The number of hydrogen-bond acceptors (Lipinski definition) is 4. The molecule has 5 rings (SSSR count). The predicted molar refractivity (Wildman–Crippen MR) is 146 cm³/mol. The van der Waals surface area contributed by atoms with Gasteiger partial charge in [-0.3, -0.25) is 14.5 Å². The predicted octanol–water partition coefficient (Wildman–Crippen LogP) is 6.62. The molecule has 182 valence electrons. The number of aromatic nitrogens is 1. The summed E-state index contributed by atoms with van der Waals surface area (Å²) < 4.78 is 8.22. The topological polar surface area (TPSA) is 51.5 Å². The molecule has 2 amide bonds. The van der Waals surface area contributed by atoms with E-state index in [1.807, 2.05) is 54.6 Å². The molecule has 0 saturated carbocycles. The lowest BCUT2D eigenvalue weighted by Crippen LogP contribution is -2.32. The first kappa shape index (κ1) is 23.9. The number of ether oxygens (including phenoxy) is 1. The zero-order valence-electron chi connectivity index (χ0n) is 20.4. The zero-order valence-corrected chi connectivity index (χ0v) is 21.3. The van der Waals surface area contributed by atoms with Gasteiger partial charge >= 0.3 is 0 Å². The summed E-state index contributed by atoms with van der Waals surface area (Å²) in [7, 11) is 0. The Bertz CT molecular complexity index is 1450. The van der Waals surface area contributed by atoms with Crippen molar-refractivity contribution < 1.29 is 14.3 Å². The van der Waals surface area contributed by atoms with Crippen molar-refractivity contribution in [3.8, 4) is 5.75 Å². The van der Waals surface area contributed by atoms with Crippen molar-refractivity contribution in [1.82, 2.24) is 9.47 Å². The van der Waals surface area contributed by atoms with E-state index in [-0.39, 0.29) is 24.3 Å². The molecule has 1 saturated heterocycles. The van der Waals surface area contributed by atoms with Crippen molar-refractivity contribution in [3.05, 3.63) is 106 Å². The Labute approximate surface area is 215 Å². The number of hydrogen-bond donors (Lipinski definition) is 0. The molecule has 0 unspecified atom stereocenters. The quantitative estimate of drug-likeness (QED) is 0.257. The highest BCUT2D eigenvalue weighted by molar-refractivity contribution is 8.18. The van der Waals surface area contributed by atoms with E-state index >= 15 is 0 Å². The molecular formula is C30H28N2O3S. The number of carbonyl (C=O) groups excluding carboxylic acids is 2. The maximum atomic E-state index is 13.0. The van der Waals surface area contributed by atoms with Crippen molar-refractivity contribution in [2.24, 2.45) is 0 Å². The van der Waals surface area contributed by atoms with Gasteiger partial charge in [0.25, 0.3) is 11.1 Å². The molecular weight excluding hydrogens is 468 g/mol. The maximum Gasteiger partial charge on any atom is 0.293 e. The summed E-state index contributed by atoms with van der Waals surface area (Å²) in [4.78, 5) is 27.4. The van der Waals surface area contributed by atoms with E-state index in [1.165, 1.54) is 10.5 Å². The molecule has 0 N–H and O–H groups in total. The number of rotatable bonds is 8. The maximum absolute atomic E-state index is 13.0. The van der Waals surface area contributed by atoms with Crippen LogP contribution in [-0.2, 0) is 17.8 Å². The van der Waals surface area contributed by atoms with Crippen LogP contribution < -0.4 is 4.74 Å². The van der Waals surface area contributed by atoms with Gasteiger partial charge in [0.15, 0.2) is 0 Å². The zero-order chi connectivity index (χ0) is 25.1. The minimum absolute atomic E-state index is 0.210. The lowest BCUT2D eigenvalue weighted by molar-refractivity contribution is -0.123. The first-order valence-electron chi connectivity index (χ1n) is 12.1. The molecule has 0 atom stereocenters. The molecule has 1 aliphatic heterocycles. The summed E-state index contributed by atoms with van der Waals surface area (Å²) >= 11 is 0.993. The normalized spacial score (nSPS) is 14.8. The van der Waals surface area contributed by atoms with Gasteiger partial charge < -0.3 is 9.30 Å². The van der Waals surface area contributed by atoms with Crippen molar-refractivity contribution >= 4 is 39.8 Å². The highest BCUT2D eigenvalue weighted by Crippen LogP contribution is 2.33. The van der Waals surface area contributed by atoms with Crippen molar-refractivity contribution in [1.29, 1.82) is 0 Å². The van der Waals surface area contributed by atoms with E-state index in [4.69, 9.17) is 4.74 Å². The molecule has 6 heteroatoms. The second kappa shape index (κ2) is 10.5. The molecule has 0 radical (unpaired) electrons. The monoisotopic (exact) mass is 496 g/mol. The first-order chi connectivity index (χ1) is 17.5. The minimum atomic E-state index is -0.263. The third-order valence-corrected chi connectivity index (χ3v) is 7.47. The highest BCUT2D eigenvalue weighted by Gasteiger charge is 2.35. The molecule has 5 nitrogen and oxygen atoms in total. The van der Waals surface area contributed by atoms with Crippen LogP contribution in [0.4, 0.5) is 4.79 Å². The van der Waals surface area contributed by atoms with Gasteiger partial charge in [-0.25, -0.2) is 0 Å². The average Bonchev–Trinajstić information content (AvgIpc) is 3.31. The number of imide groups is 1. The van der Waals surface area contributed by atoms with Crippen molar-refractivity contribution in [2.45, 2.75) is 26.8 Å². The Balaban J connectivity index is 1.25. The van der Waals surface area contributed by atoms with E-state index in [0.717, 1.165) is 58.2 Å². The van der Waals surface area contributed by atoms with Gasteiger partial charge in [-0.1, -0.05) is 66.7 Å². The molecule has 1 aliphatic rings. The Morgan fingerprint density at radius 3 is 2.47 bits per heavy atom. The van der Waals surface area contributed by atoms with Crippen LogP contribution in [0.5, 0.6) is 5.75 Å². The van der Waals surface area contributed by atoms with Crippen LogP contribution in [0, 0.1) is 13.8 Å². The number of carbonyl (C=O) groups is 2. The fourth-order valence-electron chi connectivity index (χ4n) is 4.61. The highest BCUT2D eigenvalue weighted by atomic mass is 32.2. The van der Waals surface area contributed by atoms with Gasteiger partial charge in [0.2, 0.25) is 0 Å². The van der Waals surface area contributed by atoms with Crippen LogP contribution in [0.2, 0.25) is 0 Å². The molecule has 36 heavy (non-hydrogen) atoms. The summed E-state index contributed by atoms with van der Waals surface area (Å²) in [6.07, 6.45) is 2.78. The number of aryl methyl sites for hydroxylation is 2. The molecule has 4 aromatic rings. The van der Waals surface area contributed by atoms with Crippen LogP contribution >= 0.6 is 11.8 Å². The summed E-state index contributed by atoms with van der Waals surface area (Å²) in [5.74, 6) is 0.485. The summed E-state index contributed by atoms with van der Waals surface area (Å²) in [5.41, 5.74) is 4.49. The van der Waals surface area contributed by atoms with Crippen LogP contribution in [0.15, 0.2) is 83.8 Å². The second-order valence-corrected chi connectivity index (χ2v) is 9.87. The molecule has 2 heterocycles. The molecule has 1 aromatic heterocycles. The number of benzene rings is 3. The van der Waals surface area contributed by atoms with Gasteiger partial charge in [-0.15, -0.1) is 0 Å². The van der Waals surface area contributed by atoms with E-state index < -0.39 is 0 Å². The van der Waals surface area contributed by atoms with Crippen molar-refractivity contribution in [3.63, 3.8) is 0 Å². The Morgan fingerprint density at radius 2 is 1.64 bits per heavy atom. The van der Waals surface area contributed by atoms with E-state index in [1.54, 1.807) is 0 Å². The van der Waals surface area contributed by atoms with Crippen LogP contribution in [-0.4, -0.2) is 33.8 Å². The third kappa shape index (κ3) is 4.95. The van der Waals surface area contributed by atoms with Gasteiger partial charge in [0, 0.05) is 23.3 Å². The summed E-state index contributed by atoms with van der Waals surface area (Å²) in [6, 6.07) is 26.3. The lowest BCUT2D eigenvalue weighted by Gasteiger charge is -2.14. The largest absolute Gasteiger partial charge is 0.491 e. The minimum Gasteiger partial charge on any atom is -0.491 e. The first-order valence-corrected chi connectivity index (χ1v) is 12.9. The summed E-state index contributed by atoms with van der Waals surface area (Å²) in [6.45, 7) is 5.45. The number of nitrogens with zero attached hydrogens (tertiary/aromatic N) is 2. The third-order valence-electron chi connectivity index (χ3n) is 6.56. The molecule has 0 bridgehead atoms. The fourth-order valence-corrected chi connectivity index (χ4v) is 5.46. The number of amides is 2. The summed E-state index contributed by atoms with van der Waals surface area (Å²) in [5, 5.41) is 1.84. The second-order valence-electron chi connectivity index (χ2n) is 8.87. The van der Waals surface area contributed by atoms with Gasteiger partial charge in [0.1, 0.15) is 12.4 Å². The molecule has 3 aromatic carbocycles. The van der Waals surface area contributed by atoms with Crippen LogP contribution in [0.25, 0.3) is 16.8 Å². The Kier molecular flexibility index (Phi) is 6.96. The SMILES string of the molecule is Cc1cc(/C=C2\SC(=O)N(CCOc3cccc4ccccc34)C2=O)c(C)n1CCc1ccccc1.